The van der Waals surface area contributed by atoms with Gasteiger partial charge in [-0.05, 0) is 30.3 Å². The highest BCUT2D eigenvalue weighted by Crippen LogP contribution is 2.26. The topological polar surface area (TPSA) is 54.2 Å². The zero-order valence-corrected chi connectivity index (χ0v) is 14.8. The van der Waals surface area contributed by atoms with E-state index in [1.807, 2.05) is 36.5 Å². The molecule has 5 nitrogen and oxygen atoms in total. The minimum absolute atomic E-state index is 0.678. The zero-order chi connectivity index (χ0) is 16.5. The Morgan fingerprint density at radius 3 is 3.08 bits per heavy atom. The Kier molecular flexibility index (Phi) is 4.13. The fourth-order valence-corrected chi connectivity index (χ4v) is 3.67. The third-order valence-electron chi connectivity index (χ3n) is 3.44. The lowest BCUT2D eigenvalue weighted by Gasteiger charge is -2.06. The molecule has 0 unspecified atom stereocenters. The van der Waals surface area contributed by atoms with E-state index in [2.05, 4.69) is 26.8 Å². The number of fused-ring (bicyclic) bond motifs is 1. The highest BCUT2D eigenvalue weighted by atomic mass is 35.5. The van der Waals surface area contributed by atoms with E-state index in [0.29, 0.717) is 5.02 Å². The van der Waals surface area contributed by atoms with Gasteiger partial charge in [0.2, 0.25) is 0 Å². The van der Waals surface area contributed by atoms with Crippen LogP contribution in [0.2, 0.25) is 5.02 Å². The molecule has 8 heteroatoms. The van der Waals surface area contributed by atoms with E-state index in [-0.39, 0.29) is 0 Å². The van der Waals surface area contributed by atoms with Crippen molar-refractivity contribution >= 4 is 63.1 Å². The van der Waals surface area contributed by atoms with Gasteiger partial charge in [-0.3, -0.25) is 0 Å². The van der Waals surface area contributed by atoms with Crippen LogP contribution in [0.15, 0.2) is 47.6 Å². The first-order valence-electron chi connectivity index (χ1n) is 7.21. The minimum atomic E-state index is 0.678. The van der Waals surface area contributed by atoms with E-state index >= 15 is 0 Å². The van der Waals surface area contributed by atoms with Gasteiger partial charge in [0, 0.05) is 33.9 Å². The summed E-state index contributed by atoms with van der Waals surface area (Å²) in [6.07, 6.45) is 5.75. The lowest BCUT2D eigenvalue weighted by molar-refractivity contribution is 0.941. The van der Waals surface area contributed by atoms with Crippen LogP contribution in [0.1, 0.15) is 5.56 Å². The summed E-state index contributed by atoms with van der Waals surface area (Å²) in [7, 11) is 0. The van der Waals surface area contributed by atoms with Gasteiger partial charge in [0.15, 0.2) is 5.65 Å². The van der Waals surface area contributed by atoms with E-state index in [1.165, 1.54) is 0 Å². The molecule has 0 radical (unpaired) electrons. The Bertz CT molecular complexity index is 966. The van der Waals surface area contributed by atoms with E-state index in [0.717, 1.165) is 38.5 Å². The molecule has 0 atom stereocenters. The summed E-state index contributed by atoms with van der Waals surface area (Å²) in [6, 6.07) is 9.40. The molecule has 3 aromatic rings. The van der Waals surface area contributed by atoms with E-state index in [1.54, 1.807) is 22.5 Å². The van der Waals surface area contributed by atoms with Gasteiger partial charge >= 0.3 is 0 Å². The van der Waals surface area contributed by atoms with Crippen LogP contribution in [0.4, 0.5) is 11.5 Å². The Morgan fingerprint density at radius 2 is 2.29 bits per heavy atom. The molecular weight excluding hydrogens is 362 g/mol. The van der Waals surface area contributed by atoms with E-state index in [4.69, 9.17) is 23.8 Å². The fourth-order valence-electron chi connectivity index (χ4n) is 2.38. The molecular formula is C16H12ClN5S2. The van der Waals surface area contributed by atoms with Crippen molar-refractivity contribution in [1.82, 2.24) is 19.9 Å². The molecule has 1 aliphatic rings. The van der Waals surface area contributed by atoms with Crippen molar-refractivity contribution < 1.29 is 0 Å². The molecule has 3 heterocycles. The van der Waals surface area contributed by atoms with Gasteiger partial charge in [-0.2, -0.15) is 5.10 Å². The summed E-state index contributed by atoms with van der Waals surface area (Å²) >= 11 is 12.7. The SMILES string of the molecule is S=C1NCC(=Cc2cnn3ccc(Nc4cccc(Cl)c4)nc23)S1. The molecule has 0 aliphatic carbocycles. The second-order valence-corrected chi connectivity index (χ2v) is 7.41. The maximum absolute atomic E-state index is 6.02. The second kappa shape index (κ2) is 6.43. The normalized spacial score (nSPS) is 15.9. The van der Waals surface area contributed by atoms with Crippen LogP contribution in [0.25, 0.3) is 11.7 Å². The number of hydrogen-bond donors (Lipinski definition) is 2. The number of benzene rings is 1. The maximum atomic E-state index is 6.02. The van der Waals surface area contributed by atoms with Crippen molar-refractivity contribution in [3.63, 3.8) is 0 Å². The Morgan fingerprint density at radius 1 is 1.38 bits per heavy atom. The van der Waals surface area contributed by atoms with Crippen molar-refractivity contribution in [2.45, 2.75) is 0 Å². The number of thioether (sulfide) groups is 1. The first-order valence-corrected chi connectivity index (χ1v) is 8.81. The van der Waals surface area contributed by atoms with Gasteiger partial charge in [-0.25, -0.2) is 9.50 Å². The van der Waals surface area contributed by atoms with Crippen LogP contribution in [0.5, 0.6) is 0 Å². The first-order chi connectivity index (χ1) is 11.7. The van der Waals surface area contributed by atoms with Gasteiger partial charge in [0.05, 0.1) is 6.20 Å². The predicted octanol–water partition coefficient (Wildman–Crippen LogP) is 4.09. The van der Waals surface area contributed by atoms with E-state index < -0.39 is 0 Å². The number of halogens is 1. The third kappa shape index (κ3) is 3.24. The molecule has 4 rings (SSSR count). The maximum Gasteiger partial charge on any atom is 0.164 e. The Balaban J connectivity index is 1.67. The van der Waals surface area contributed by atoms with Crippen LogP contribution in [0.3, 0.4) is 0 Å². The molecule has 1 aliphatic heterocycles. The van der Waals surface area contributed by atoms with Crippen LogP contribution < -0.4 is 10.6 Å². The second-order valence-electron chi connectivity index (χ2n) is 5.17. The number of anilines is 2. The van der Waals surface area contributed by atoms with Crippen molar-refractivity contribution in [3.05, 3.63) is 58.2 Å². The molecule has 120 valence electrons. The van der Waals surface area contributed by atoms with Crippen molar-refractivity contribution in [2.75, 3.05) is 11.9 Å². The molecule has 2 aromatic heterocycles. The van der Waals surface area contributed by atoms with Gasteiger partial charge in [-0.1, -0.05) is 41.6 Å². The molecule has 0 saturated carbocycles. The number of hydrogen-bond acceptors (Lipinski definition) is 5. The average Bonchev–Trinajstić information content (AvgIpc) is 3.14. The predicted molar refractivity (Wildman–Crippen MR) is 104 cm³/mol. The monoisotopic (exact) mass is 373 g/mol. The molecule has 0 bridgehead atoms. The van der Waals surface area contributed by atoms with Crippen molar-refractivity contribution in [1.29, 1.82) is 0 Å². The lowest BCUT2D eigenvalue weighted by atomic mass is 10.3. The summed E-state index contributed by atoms with van der Waals surface area (Å²) in [4.78, 5) is 5.82. The summed E-state index contributed by atoms with van der Waals surface area (Å²) in [5.41, 5.74) is 2.63. The van der Waals surface area contributed by atoms with Crippen molar-refractivity contribution in [3.8, 4) is 0 Å². The van der Waals surface area contributed by atoms with Crippen molar-refractivity contribution in [2.24, 2.45) is 0 Å². The van der Waals surface area contributed by atoms with Gasteiger partial charge in [0.25, 0.3) is 0 Å². The molecule has 1 fully saturated rings. The number of thiocarbonyl (C=S) groups is 1. The summed E-state index contributed by atoms with van der Waals surface area (Å²) in [5, 5.41) is 11.4. The molecule has 0 amide bonds. The lowest BCUT2D eigenvalue weighted by Crippen LogP contribution is -2.09. The van der Waals surface area contributed by atoms with Crippen LogP contribution in [-0.2, 0) is 0 Å². The highest BCUT2D eigenvalue weighted by Gasteiger charge is 2.13. The largest absolute Gasteiger partial charge is 0.366 e. The van der Waals surface area contributed by atoms with Crippen LogP contribution in [-0.4, -0.2) is 25.5 Å². The summed E-state index contributed by atoms with van der Waals surface area (Å²) in [5.74, 6) is 0.734. The number of nitrogens with one attached hydrogen (secondary N) is 2. The average molecular weight is 374 g/mol. The number of nitrogens with zero attached hydrogens (tertiary/aromatic N) is 3. The quantitative estimate of drug-likeness (QED) is 0.674. The highest BCUT2D eigenvalue weighted by molar-refractivity contribution is 8.26. The molecule has 1 aromatic carbocycles. The smallest absolute Gasteiger partial charge is 0.164 e. The molecule has 24 heavy (non-hydrogen) atoms. The fraction of sp³-hybridized carbons (Fsp3) is 0.0625. The van der Waals surface area contributed by atoms with E-state index in [9.17, 15) is 0 Å². The molecule has 0 spiro atoms. The zero-order valence-electron chi connectivity index (χ0n) is 12.4. The standard InChI is InChI=1S/C16H12ClN5S2/c17-11-2-1-3-12(7-11)20-14-4-5-22-15(21-14)10(8-19-22)6-13-9-18-16(23)24-13/h1-8H,9H2,(H,18,23)(H,20,21). The molecule has 2 N–H and O–H groups in total. The molecule has 1 saturated heterocycles. The van der Waals surface area contributed by atoms with Crippen LogP contribution in [0, 0.1) is 0 Å². The van der Waals surface area contributed by atoms with Crippen LogP contribution >= 0.6 is 35.6 Å². The first kappa shape index (κ1) is 15.4. The minimum Gasteiger partial charge on any atom is -0.366 e. The summed E-state index contributed by atoms with van der Waals surface area (Å²) in [6.45, 7) is 0.751. The number of aromatic nitrogens is 3. The third-order valence-corrected chi connectivity index (χ3v) is 4.92. The Labute approximate surface area is 153 Å². The number of rotatable bonds is 3. The van der Waals surface area contributed by atoms with Gasteiger partial charge in [0.1, 0.15) is 10.1 Å². The van der Waals surface area contributed by atoms with Gasteiger partial charge in [-0.15, -0.1) is 0 Å². The Hall–Kier alpha value is -2.09. The van der Waals surface area contributed by atoms with Gasteiger partial charge < -0.3 is 10.6 Å². The summed E-state index contributed by atoms with van der Waals surface area (Å²) < 4.78 is 2.55.